The fourth-order valence-corrected chi connectivity index (χ4v) is 5.79. The number of halogens is 3. The third-order valence-corrected chi connectivity index (χ3v) is 8.02. The third kappa shape index (κ3) is 5.74. The predicted octanol–water partition coefficient (Wildman–Crippen LogP) is 4.68. The zero-order chi connectivity index (χ0) is 33.5. The summed E-state index contributed by atoms with van der Waals surface area (Å²) >= 11 is 0. The average Bonchev–Trinajstić information content (AvgIpc) is 3.69. The summed E-state index contributed by atoms with van der Waals surface area (Å²) in [7, 11) is 1.18. The van der Waals surface area contributed by atoms with Crippen molar-refractivity contribution < 1.29 is 32.4 Å². The van der Waals surface area contributed by atoms with Gasteiger partial charge in [0, 0.05) is 17.8 Å². The van der Waals surface area contributed by atoms with Crippen LogP contribution in [-0.4, -0.2) is 37.5 Å². The van der Waals surface area contributed by atoms with Crippen LogP contribution in [0.2, 0.25) is 0 Å². The summed E-state index contributed by atoms with van der Waals surface area (Å²) in [5.41, 5.74) is 0.990. The van der Waals surface area contributed by atoms with Crippen LogP contribution in [0.15, 0.2) is 102 Å². The highest BCUT2D eigenvalue weighted by atomic mass is 19.4. The fourth-order valence-electron chi connectivity index (χ4n) is 5.79. The van der Waals surface area contributed by atoms with Crippen LogP contribution in [0, 0.1) is 11.3 Å². The number of ether oxygens (including phenoxy) is 1. The molecule has 11 nitrogen and oxygen atoms in total. The molecule has 238 valence electrons. The molecular weight excluding hydrogens is 615 g/mol. The van der Waals surface area contributed by atoms with Gasteiger partial charge in [-0.15, -0.1) is 5.10 Å². The van der Waals surface area contributed by atoms with Crippen LogP contribution < -0.4 is 15.2 Å². The number of aromatic hydroxyl groups is 1. The second-order valence-corrected chi connectivity index (χ2v) is 10.8. The number of benzene rings is 3. The van der Waals surface area contributed by atoms with E-state index in [1.165, 1.54) is 28.7 Å². The Labute approximate surface area is 265 Å². The number of carbonyl (C=O) groups excluding carboxylic acids is 1. The Morgan fingerprint density at radius 2 is 1.89 bits per heavy atom. The molecule has 0 unspecified atom stereocenters. The largest absolute Gasteiger partial charge is 0.508 e. The summed E-state index contributed by atoms with van der Waals surface area (Å²) in [6.45, 7) is 1.99. The number of allylic oxidation sites excluding steroid dienone is 1. The first-order valence-electron chi connectivity index (χ1n) is 14.3. The monoisotopic (exact) mass is 642 g/mol. The van der Waals surface area contributed by atoms with Crippen LogP contribution in [0.25, 0.3) is 5.69 Å². The molecule has 0 spiro atoms. The zero-order valence-corrected chi connectivity index (χ0v) is 25.1. The number of aryl methyl sites for hydroxylation is 2. The van der Waals surface area contributed by atoms with Crippen molar-refractivity contribution in [3.63, 3.8) is 0 Å². The molecular formula is C33H27F3N7O4+. The molecule has 0 amide bonds. The predicted molar refractivity (Wildman–Crippen MR) is 162 cm³/mol. The molecule has 6 rings (SSSR count). The normalized spacial score (nSPS) is 14.6. The van der Waals surface area contributed by atoms with Crippen molar-refractivity contribution in [2.45, 2.75) is 32.1 Å². The highest BCUT2D eigenvalue weighted by molar-refractivity contribution is 5.93. The number of aromatic amines is 1. The molecule has 1 aliphatic rings. The summed E-state index contributed by atoms with van der Waals surface area (Å²) < 4.78 is 51.1. The lowest BCUT2D eigenvalue weighted by molar-refractivity contribution is -0.695. The minimum Gasteiger partial charge on any atom is -0.508 e. The van der Waals surface area contributed by atoms with Crippen LogP contribution in [-0.2, 0) is 28.7 Å². The van der Waals surface area contributed by atoms with Crippen molar-refractivity contribution >= 4 is 17.6 Å². The quantitative estimate of drug-likeness (QED) is 0.195. The fraction of sp³-hybridized carbons (Fsp3) is 0.182. The molecule has 3 heterocycles. The van der Waals surface area contributed by atoms with Crippen LogP contribution in [0.1, 0.15) is 35.2 Å². The van der Waals surface area contributed by atoms with E-state index < -0.39 is 29.4 Å². The Bertz CT molecular complexity index is 2120. The Kier molecular flexibility index (Phi) is 7.90. The van der Waals surface area contributed by atoms with Crippen LogP contribution >= 0.6 is 0 Å². The number of fused-ring (bicyclic) bond motifs is 1. The molecule has 0 aliphatic carbocycles. The van der Waals surface area contributed by atoms with Crippen LogP contribution in [0.5, 0.6) is 5.75 Å². The number of hydrogen-bond donors (Lipinski definition) is 2. The minimum absolute atomic E-state index is 0.0120. The first-order chi connectivity index (χ1) is 22.5. The smallest absolute Gasteiger partial charge is 0.416 e. The average molecular weight is 643 g/mol. The summed E-state index contributed by atoms with van der Waals surface area (Å²) in [4.78, 5) is 28.2. The van der Waals surface area contributed by atoms with Gasteiger partial charge in [-0.2, -0.15) is 18.4 Å². The Morgan fingerprint density at radius 1 is 1.13 bits per heavy atom. The van der Waals surface area contributed by atoms with Crippen LogP contribution in [0.4, 0.5) is 24.8 Å². The number of alkyl halides is 3. The minimum atomic E-state index is -4.64. The number of nitrogens with one attached hydrogen (secondary N) is 1. The first kappa shape index (κ1) is 30.9. The number of phenols is 1. The molecule has 3 aromatic carbocycles. The number of phenolic OH excluding ortho intramolecular Hbond substituents is 1. The first-order valence-corrected chi connectivity index (χ1v) is 14.3. The van der Waals surface area contributed by atoms with E-state index >= 15 is 0 Å². The van der Waals surface area contributed by atoms with Crippen molar-refractivity contribution in [3.05, 3.63) is 129 Å². The lowest BCUT2D eigenvalue weighted by Gasteiger charge is -2.36. The molecule has 0 bridgehead atoms. The highest BCUT2D eigenvalue weighted by Gasteiger charge is 2.41. The van der Waals surface area contributed by atoms with Gasteiger partial charge in [-0.05, 0) is 72.6 Å². The number of hydrogen-bond acceptors (Lipinski definition) is 7. The van der Waals surface area contributed by atoms with Gasteiger partial charge in [-0.25, -0.2) is 28.4 Å². The number of rotatable bonds is 7. The summed E-state index contributed by atoms with van der Waals surface area (Å²) in [5.74, 6) is -0.672. The summed E-state index contributed by atoms with van der Waals surface area (Å²) in [5, 5.41) is 25.9. The molecule has 47 heavy (non-hydrogen) atoms. The molecule has 2 N–H and O–H groups in total. The van der Waals surface area contributed by atoms with Gasteiger partial charge in [0.15, 0.2) is 0 Å². The number of carbonyl (C=O) groups is 1. The molecule has 2 aromatic heterocycles. The van der Waals surface area contributed by atoms with Crippen LogP contribution in [0.3, 0.4) is 0 Å². The van der Waals surface area contributed by atoms with Gasteiger partial charge in [0.2, 0.25) is 12.3 Å². The summed E-state index contributed by atoms with van der Waals surface area (Å²) in [6, 6.07) is 17.1. The number of anilines is 2. The van der Waals surface area contributed by atoms with Crippen molar-refractivity contribution in [2.24, 2.45) is 0 Å². The van der Waals surface area contributed by atoms with E-state index in [0.717, 1.165) is 17.8 Å². The van der Waals surface area contributed by atoms with Crippen molar-refractivity contribution in [3.8, 4) is 17.5 Å². The molecule has 14 heteroatoms. The van der Waals surface area contributed by atoms with E-state index in [2.05, 4.69) is 16.3 Å². The Morgan fingerprint density at radius 3 is 2.60 bits per heavy atom. The molecule has 0 fully saturated rings. The maximum Gasteiger partial charge on any atom is 0.416 e. The lowest BCUT2D eigenvalue weighted by Crippen LogP contribution is -2.38. The van der Waals surface area contributed by atoms with Gasteiger partial charge in [0.1, 0.15) is 29.9 Å². The Balaban J connectivity index is 1.45. The van der Waals surface area contributed by atoms with Crippen molar-refractivity contribution in [1.82, 2.24) is 19.3 Å². The standard InChI is InChI=1S/C33H26F3N7O4/c1-20-28(30(45)47-2)29(43-31(38-39-32(43)46)42(20)25-5-3-4-23(17-25)33(34,35)36)27-11-6-21(18-37)16-22(27)12-13-40-14-15-41(19-40)24-7-9-26(44)10-8-24/h3-11,14-17,19,29H,12-13H2,1-2H3,(H-,39,44,46)/p+1/t29-/m1/s1. The molecule has 0 saturated carbocycles. The van der Waals surface area contributed by atoms with Gasteiger partial charge >= 0.3 is 17.8 Å². The second-order valence-electron chi connectivity index (χ2n) is 10.8. The van der Waals surface area contributed by atoms with E-state index in [4.69, 9.17) is 4.74 Å². The molecule has 5 aromatic rings. The van der Waals surface area contributed by atoms with Crippen molar-refractivity contribution in [2.75, 3.05) is 12.0 Å². The van der Waals surface area contributed by atoms with E-state index in [-0.39, 0.29) is 28.7 Å². The van der Waals surface area contributed by atoms with Gasteiger partial charge in [-0.1, -0.05) is 12.1 Å². The highest BCUT2D eigenvalue weighted by Crippen LogP contribution is 2.43. The van der Waals surface area contributed by atoms with E-state index in [1.54, 1.807) is 49.4 Å². The number of methoxy groups -OCH3 is 1. The molecule has 1 aliphatic heterocycles. The van der Waals surface area contributed by atoms with E-state index in [9.17, 15) is 33.1 Å². The molecule has 1 atom stereocenters. The maximum atomic E-state index is 13.7. The number of nitriles is 1. The van der Waals surface area contributed by atoms with Gasteiger partial charge in [0.05, 0.1) is 36.4 Å². The number of H-pyrrole nitrogens is 1. The lowest BCUT2D eigenvalue weighted by atomic mass is 9.89. The van der Waals surface area contributed by atoms with E-state index in [0.29, 0.717) is 29.7 Å². The number of nitrogens with zero attached hydrogens (tertiary/aromatic N) is 6. The van der Waals surface area contributed by atoms with E-state index in [1.807, 2.05) is 27.9 Å². The zero-order valence-electron chi connectivity index (χ0n) is 25.1. The topological polar surface area (TPSA) is 133 Å². The number of imidazole rings is 1. The number of esters is 1. The maximum absolute atomic E-state index is 13.7. The SMILES string of the molecule is COC(=O)C1=C(C)N(c2cccc(C(F)(F)F)c2)c2n[nH]c(=O)n2[C@@H]1c1ccc(C#N)cc1CC[n+]1ccn(-c2ccc(O)cc2)c1. The second kappa shape index (κ2) is 12.0. The van der Waals surface area contributed by atoms with Crippen molar-refractivity contribution in [1.29, 1.82) is 5.26 Å². The van der Waals surface area contributed by atoms with Gasteiger partial charge in [0.25, 0.3) is 0 Å². The third-order valence-electron chi connectivity index (χ3n) is 8.02. The van der Waals surface area contributed by atoms with Gasteiger partial charge < -0.3 is 9.84 Å². The summed E-state index contributed by atoms with van der Waals surface area (Å²) in [6.07, 6.45) is 1.30. The molecule has 0 radical (unpaired) electrons. The molecule has 0 saturated heterocycles. The Hall–Kier alpha value is -6.10. The van der Waals surface area contributed by atoms with Gasteiger partial charge in [-0.3, -0.25) is 4.90 Å². The number of aromatic nitrogens is 5.